The van der Waals surface area contributed by atoms with Crippen molar-refractivity contribution < 1.29 is 0 Å². The highest BCUT2D eigenvalue weighted by Crippen LogP contribution is 2.58. The highest BCUT2D eigenvalue weighted by atomic mass is 31.1. The molecule has 0 N–H and O–H groups in total. The second kappa shape index (κ2) is 12.0. The summed E-state index contributed by atoms with van der Waals surface area (Å²) in [6.45, 7) is 2.53. The summed E-state index contributed by atoms with van der Waals surface area (Å²) in [6.07, 6.45) is 14.6. The molecule has 2 saturated carbocycles. The second-order valence-electron chi connectivity index (χ2n) is 10.3. The standard InChI is InChI=1S/C32H40P2/c1-26(33(27-16-6-2-7-17-27)28-18-8-3-9-19-28)31-24-14-15-25-32(31)34(29-20-10-4-11-21-29)30-22-12-5-13-23-30/h2-3,6-9,14-19,24-26,29-30H,4-5,10-13,20-23H2,1H3/t26-/m1/s1. The fourth-order valence-corrected chi connectivity index (χ4v) is 13.2. The van der Waals surface area contributed by atoms with Crippen molar-refractivity contribution in [3.05, 3.63) is 90.5 Å². The Morgan fingerprint density at radius 2 is 1.00 bits per heavy atom. The zero-order valence-corrected chi connectivity index (χ0v) is 22.6. The molecule has 3 aromatic rings. The zero-order valence-electron chi connectivity index (χ0n) is 20.8. The highest BCUT2D eigenvalue weighted by molar-refractivity contribution is 7.73. The van der Waals surface area contributed by atoms with E-state index in [1.165, 1.54) is 74.8 Å². The van der Waals surface area contributed by atoms with Gasteiger partial charge >= 0.3 is 0 Å². The third-order valence-electron chi connectivity index (χ3n) is 8.06. The summed E-state index contributed by atoms with van der Waals surface area (Å²) in [5.74, 6) is 0. The number of benzene rings is 3. The lowest BCUT2D eigenvalue weighted by molar-refractivity contribution is 0.487. The summed E-state index contributed by atoms with van der Waals surface area (Å²) in [5, 5.41) is 4.78. The van der Waals surface area contributed by atoms with Crippen molar-refractivity contribution >= 4 is 31.8 Å². The molecule has 2 heteroatoms. The molecule has 0 bridgehead atoms. The van der Waals surface area contributed by atoms with Gasteiger partial charge in [0, 0.05) is 5.66 Å². The van der Waals surface area contributed by atoms with Crippen LogP contribution in [0.5, 0.6) is 0 Å². The van der Waals surface area contributed by atoms with Crippen molar-refractivity contribution in [3.8, 4) is 0 Å². The van der Waals surface area contributed by atoms with Crippen molar-refractivity contribution in [2.75, 3.05) is 0 Å². The maximum absolute atomic E-state index is 2.56. The van der Waals surface area contributed by atoms with Gasteiger partial charge in [-0.3, -0.25) is 0 Å². The highest BCUT2D eigenvalue weighted by Gasteiger charge is 2.35. The van der Waals surface area contributed by atoms with Crippen LogP contribution in [0.2, 0.25) is 0 Å². The summed E-state index contributed by atoms with van der Waals surface area (Å²) < 4.78 is 0. The van der Waals surface area contributed by atoms with Crippen molar-refractivity contribution in [1.29, 1.82) is 0 Å². The molecule has 0 heterocycles. The van der Waals surface area contributed by atoms with Gasteiger partial charge < -0.3 is 0 Å². The van der Waals surface area contributed by atoms with Gasteiger partial charge in [-0.05, 0) is 66.4 Å². The molecule has 3 aromatic carbocycles. The average Bonchev–Trinajstić information content (AvgIpc) is 2.92. The molecule has 178 valence electrons. The average molecular weight is 487 g/mol. The van der Waals surface area contributed by atoms with E-state index in [2.05, 4.69) is 91.9 Å². The Labute approximate surface area is 210 Å². The summed E-state index contributed by atoms with van der Waals surface area (Å²) in [4.78, 5) is 0. The number of rotatable bonds is 7. The third-order valence-corrected chi connectivity index (χ3v) is 14.4. The minimum absolute atomic E-state index is 0.0975. The van der Waals surface area contributed by atoms with Crippen LogP contribution < -0.4 is 15.9 Å². The molecule has 2 aliphatic carbocycles. The first-order chi connectivity index (χ1) is 16.8. The Kier molecular flexibility index (Phi) is 8.53. The van der Waals surface area contributed by atoms with Crippen LogP contribution in [0.15, 0.2) is 84.9 Å². The van der Waals surface area contributed by atoms with Crippen molar-refractivity contribution in [1.82, 2.24) is 0 Å². The Balaban J connectivity index is 1.57. The van der Waals surface area contributed by atoms with E-state index in [0.29, 0.717) is 5.66 Å². The molecule has 5 rings (SSSR count). The van der Waals surface area contributed by atoms with Gasteiger partial charge in [-0.2, -0.15) is 0 Å². The molecule has 2 fully saturated rings. The van der Waals surface area contributed by atoms with Crippen molar-refractivity contribution in [3.63, 3.8) is 0 Å². The lowest BCUT2D eigenvalue weighted by Gasteiger charge is -2.40. The molecule has 0 unspecified atom stereocenters. The number of hydrogen-bond donors (Lipinski definition) is 0. The Hall–Kier alpha value is -1.48. The van der Waals surface area contributed by atoms with E-state index in [-0.39, 0.29) is 7.92 Å². The predicted octanol–water partition coefficient (Wildman–Crippen LogP) is 8.65. The van der Waals surface area contributed by atoms with Gasteiger partial charge in [-0.15, -0.1) is 0 Å². The van der Waals surface area contributed by atoms with Gasteiger partial charge in [-0.1, -0.05) is 138 Å². The monoisotopic (exact) mass is 486 g/mol. The summed E-state index contributed by atoms with van der Waals surface area (Å²) in [7, 11) is -0.551. The number of hydrogen-bond acceptors (Lipinski definition) is 0. The van der Waals surface area contributed by atoms with Gasteiger partial charge in [0.15, 0.2) is 0 Å². The molecule has 0 aromatic heterocycles. The van der Waals surface area contributed by atoms with Crippen molar-refractivity contribution in [2.24, 2.45) is 0 Å². The third kappa shape index (κ3) is 5.50. The normalized spacial score (nSPS) is 18.9. The van der Waals surface area contributed by atoms with E-state index in [1.807, 2.05) is 0 Å². The molecule has 2 aliphatic rings. The van der Waals surface area contributed by atoms with E-state index < -0.39 is 7.92 Å². The summed E-state index contributed by atoms with van der Waals surface area (Å²) >= 11 is 0. The van der Waals surface area contributed by atoms with Gasteiger partial charge in [-0.25, -0.2) is 0 Å². The van der Waals surface area contributed by atoms with Crippen LogP contribution in [-0.4, -0.2) is 11.3 Å². The molecule has 1 atom stereocenters. The minimum Gasteiger partial charge on any atom is -0.0686 e. The molecule has 34 heavy (non-hydrogen) atoms. The molecule has 0 saturated heterocycles. The summed E-state index contributed by atoms with van der Waals surface area (Å²) in [6, 6.07) is 32.4. The predicted molar refractivity (Wildman–Crippen MR) is 154 cm³/mol. The Morgan fingerprint density at radius 3 is 1.50 bits per heavy atom. The van der Waals surface area contributed by atoms with Crippen LogP contribution >= 0.6 is 15.8 Å². The fraction of sp³-hybridized carbons (Fsp3) is 0.438. The maximum atomic E-state index is 2.56. The lowest BCUT2D eigenvalue weighted by Crippen LogP contribution is -2.29. The summed E-state index contributed by atoms with van der Waals surface area (Å²) in [5.41, 5.74) is 4.07. The van der Waals surface area contributed by atoms with E-state index in [4.69, 9.17) is 0 Å². The quantitative estimate of drug-likeness (QED) is 0.293. The zero-order chi connectivity index (χ0) is 23.2. The Bertz CT molecular complexity index is 946. The molecule has 0 radical (unpaired) electrons. The van der Waals surface area contributed by atoms with Crippen LogP contribution in [0, 0.1) is 0 Å². The largest absolute Gasteiger partial charge is 0.0686 e. The first-order valence-corrected chi connectivity index (χ1v) is 16.5. The van der Waals surface area contributed by atoms with Crippen LogP contribution in [0.1, 0.15) is 82.4 Å². The van der Waals surface area contributed by atoms with Gasteiger partial charge in [0.05, 0.1) is 0 Å². The van der Waals surface area contributed by atoms with E-state index in [0.717, 1.165) is 11.3 Å². The van der Waals surface area contributed by atoms with Gasteiger partial charge in [0.1, 0.15) is 0 Å². The molecule has 0 aliphatic heterocycles. The van der Waals surface area contributed by atoms with Gasteiger partial charge in [0.2, 0.25) is 0 Å². The Morgan fingerprint density at radius 1 is 0.559 bits per heavy atom. The topological polar surface area (TPSA) is 0 Å². The smallest absolute Gasteiger partial charge is 0.01000 e. The van der Waals surface area contributed by atoms with E-state index >= 15 is 0 Å². The van der Waals surface area contributed by atoms with Crippen LogP contribution in [-0.2, 0) is 0 Å². The minimum atomic E-state index is -0.454. The van der Waals surface area contributed by atoms with Crippen LogP contribution in [0.25, 0.3) is 0 Å². The molecule has 0 spiro atoms. The fourth-order valence-electron chi connectivity index (χ4n) is 6.40. The van der Waals surface area contributed by atoms with Crippen LogP contribution in [0.4, 0.5) is 0 Å². The second-order valence-corrected chi connectivity index (χ2v) is 15.6. The van der Waals surface area contributed by atoms with Crippen LogP contribution in [0.3, 0.4) is 0 Å². The maximum Gasteiger partial charge on any atom is 0.01000 e. The first-order valence-electron chi connectivity index (χ1n) is 13.6. The molecular weight excluding hydrogens is 446 g/mol. The molecular formula is C32H40P2. The lowest BCUT2D eigenvalue weighted by atomic mass is 9.99. The van der Waals surface area contributed by atoms with E-state index in [9.17, 15) is 0 Å². The molecule has 0 nitrogen and oxygen atoms in total. The van der Waals surface area contributed by atoms with Gasteiger partial charge in [0.25, 0.3) is 0 Å². The first kappa shape index (κ1) is 24.2. The van der Waals surface area contributed by atoms with E-state index in [1.54, 1.807) is 10.9 Å². The molecule has 0 amide bonds. The SMILES string of the molecule is C[C@H](c1ccccc1P(C1CCCCC1)C1CCCCC1)P(c1ccccc1)c1ccccc1. The van der Waals surface area contributed by atoms with Crippen molar-refractivity contribution in [2.45, 2.75) is 88.1 Å².